The number of fused-ring (bicyclic) bond motifs is 1. The highest BCUT2D eigenvalue weighted by Crippen LogP contribution is 2.37. The normalized spacial score (nSPS) is 24.1. The maximum atomic E-state index is 6.55. The first-order valence-electron chi connectivity index (χ1n) is 8.31. The van der Waals surface area contributed by atoms with Gasteiger partial charge < -0.3 is 5.73 Å². The van der Waals surface area contributed by atoms with E-state index in [0.717, 1.165) is 17.1 Å². The van der Waals surface area contributed by atoms with Gasteiger partial charge in [-0.1, -0.05) is 44.4 Å². The van der Waals surface area contributed by atoms with E-state index in [1.807, 2.05) is 0 Å². The molecule has 1 aromatic carbocycles. The summed E-state index contributed by atoms with van der Waals surface area (Å²) in [6.07, 6.45) is 6.50. The molecule has 1 fully saturated rings. The highest BCUT2D eigenvalue weighted by molar-refractivity contribution is 5.82. The summed E-state index contributed by atoms with van der Waals surface area (Å²) in [6.45, 7) is 4.47. The predicted molar refractivity (Wildman–Crippen MR) is 89.1 cm³/mol. The molecule has 1 heterocycles. The molecule has 1 aromatic heterocycles. The molecule has 3 rings (SSSR count). The van der Waals surface area contributed by atoms with E-state index in [-0.39, 0.29) is 6.04 Å². The maximum absolute atomic E-state index is 6.55. The van der Waals surface area contributed by atoms with E-state index in [1.54, 1.807) is 0 Å². The van der Waals surface area contributed by atoms with Crippen LogP contribution in [0.1, 0.15) is 56.3 Å². The first-order chi connectivity index (χ1) is 10.2. The van der Waals surface area contributed by atoms with Gasteiger partial charge in [0.25, 0.3) is 0 Å². The molecule has 1 unspecified atom stereocenters. The Morgan fingerprint density at radius 3 is 2.62 bits per heavy atom. The largest absolute Gasteiger partial charge is 0.322 e. The van der Waals surface area contributed by atoms with Crippen molar-refractivity contribution in [3.63, 3.8) is 0 Å². The van der Waals surface area contributed by atoms with Crippen molar-refractivity contribution in [3.05, 3.63) is 41.6 Å². The number of aryl methyl sites for hydroxylation is 1. The number of pyridine rings is 1. The van der Waals surface area contributed by atoms with Crippen LogP contribution in [-0.2, 0) is 0 Å². The van der Waals surface area contributed by atoms with E-state index in [4.69, 9.17) is 10.7 Å². The zero-order valence-electron chi connectivity index (χ0n) is 13.2. The number of nitrogens with two attached hydrogens (primary N) is 1. The molecule has 1 aliphatic rings. The Labute approximate surface area is 127 Å². The lowest BCUT2D eigenvalue weighted by atomic mass is 9.77. The fraction of sp³-hybridized carbons (Fsp3) is 0.526. The summed E-state index contributed by atoms with van der Waals surface area (Å²) in [6, 6.07) is 10.6. The van der Waals surface area contributed by atoms with Gasteiger partial charge in [-0.05, 0) is 49.3 Å². The van der Waals surface area contributed by atoms with Gasteiger partial charge in [0.15, 0.2) is 0 Å². The second-order valence-corrected chi connectivity index (χ2v) is 6.60. The summed E-state index contributed by atoms with van der Waals surface area (Å²) < 4.78 is 0. The van der Waals surface area contributed by atoms with Crippen molar-refractivity contribution in [2.45, 2.75) is 52.0 Å². The number of nitrogens with zero attached hydrogens (tertiary/aromatic N) is 1. The molecule has 1 atom stereocenters. The zero-order chi connectivity index (χ0) is 14.8. The number of hydrogen-bond donors (Lipinski definition) is 1. The average molecular weight is 282 g/mol. The lowest BCUT2D eigenvalue weighted by Gasteiger charge is -2.31. The Hall–Kier alpha value is -1.41. The number of hydrogen-bond acceptors (Lipinski definition) is 2. The third-order valence-electron chi connectivity index (χ3n) is 5.26. The highest BCUT2D eigenvalue weighted by atomic mass is 14.8. The Bertz CT molecular complexity index is 612. The van der Waals surface area contributed by atoms with Crippen LogP contribution in [0.3, 0.4) is 0 Å². The quantitative estimate of drug-likeness (QED) is 0.881. The summed E-state index contributed by atoms with van der Waals surface area (Å²) in [5, 5.41) is 1.24. The van der Waals surface area contributed by atoms with Gasteiger partial charge in [-0.2, -0.15) is 0 Å². The molecule has 2 heteroatoms. The van der Waals surface area contributed by atoms with Crippen molar-refractivity contribution in [2.75, 3.05) is 0 Å². The molecular weight excluding hydrogens is 256 g/mol. The molecule has 0 saturated heterocycles. The number of para-hydroxylation sites is 1. The van der Waals surface area contributed by atoms with Gasteiger partial charge in [0.05, 0.1) is 11.2 Å². The molecule has 0 radical (unpaired) electrons. The zero-order valence-corrected chi connectivity index (χ0v) is 13.2. The van der Waals surface area contributed by atoms with E-state index in [9.17, 15) is 0 Å². The van der Waals surface area contributed by atoms with Crippen LogP contribution >= 0.6 is 0 Å². The lowest BCUT2D eigenvalue weighted by molar-refractivity contribution is 0.238. The van der Waals surface area contributed by atoms with Crippen molar-refractivity contribution in [1.82, 2.24) is 4.98 Å². The first kappa shape index (κ1) is 14.5. The molecule has 2 aromatic rings. The molecule has 1 aliphatic carbocycles. The van der Waals surface area contributed by atoms with Crippen LogP contribution in [0, 0.1) is 18.8 Å². The van der Waals surface area contributed by atoms with Crippen LogP contribution in [0.5, 0.6) is 0 Å². The fourth-order valence-electron chi connectivity index (χ4n) is 3.74. The minimum atomic E-state index is 0.0890. The monoisotopic (exact) mass is 282 g/mol. The van der Waals surface area contributed by atoms with Gasteiger partial charge >= 0.3 is 0 Å². The third kappa shape index (κ3) is 2.96. The van der Waals surface area contributed by atoms with E-state index in [1.165, 1.54) is 43.1 Å². The smallest absolute Gasteiger partial charge is 0.0708 e. The summed E-state index contributed by atoms with van der Waals surface area (Å²) >= 11 is 0. The fourth-order valence-corrected chi connectivity index (χ4v) is 3.74. The topological polar surface area (TPSA) is 38.9 Å². The molecule has 2 N–H and O–H groups in total. The van der Waals surface area contributed by atoms with Crippen LogP contribution in [0.25, 0.3) is 10.9 Å². The Kier molecular flexibility index (Phi) is 4.25. The van der Waals surface area contributed by atoms with Gasteiger partial charge in [-0.25, -0.2) is 0 Å². The Balaban J connectivity index is 1.83. The molecule has 0 aliphatic heterocycles. The van der Waals surface area contributed by atoms with Gasteiger partial charge in [0.2, 0.25) is 0 Å². The Morgan fingerprint density at radius 1 is 1.19 bits per heavy atom. The van der Waals surface area contributed by atoms with E-state index >= 15 is 0 Å². The molecule has 2 nitrogen and oxygen atoms in total. The van der Waals surface area contributed by atoms with Gasteiger partial charge in [0, 0.05) is 11.4 Å². The minimum Gasteiger partial charge on any atom is -0.322 e. The summed E-state index contributed by atoms with van der Waals surface area (Å²) in [7, 11) is 0. The standard InChI is InChI=1S/C19H26N2/c1-3-14-8-10-15(11-9-14)19(20)18-12-13(2)16-6-4-5-7-17(16)21-18/h4-7,12,14-15,19H,3,8-11,20H2,1-2H3. The van der Waals surface area contributed by atoms with Crippen molar-refractivity contribution >= 4 is 10.9 Å². The van der Waals surface area contributed by atoms with Crippen LogP contribution in [0.15, 0.2) is 30.3 Å². The second-order valence-electron chi connectivity index (χ2n) is 6.60. The van der Waals surface area contributed by atoms with Crippen molar-refractivity contribution in [2.24, 2.45) is 17.6 Å². The van der Waals surface area contributed by atoms with Crippen molar-refractivity contribution in [1.29, 1.82) is 0 Å². The van der Waals surface area contributed by atoms with E-state index < -0.39 is 0 Å². The van der Waals surface area contributed by atoms with Gasteiger partial charge in [-0.15, -0.1) is 0 Å². The van der Waals surface area contributed by atoms with Gasteiger partial charge in [0.1, 0.15) is 0 Å². The molecule has 0 spiro atoms. The van der Waals surface area contributed by atoms with E-state index in [2.05, 4.69) is 44.2 Å². The average Bonchev–Trinajstić information content (AvgIpc) is 2.54. The van der Waals surface area contributed by atoms with E-state index in [0.29, 0.717) is 5.92 Å². The first-order valence-corrected chi connectivity index (χ1v) is 8.31. The summed E-state index contributed by atoms with van der Waals surface area (Å²) in [4.78, 5) is 4.83. The number of aromatic nitrogens is 1. The molecule has 1 saturated carbocycles. The maximum Gasteiger partial charge on any atom is 0.0708 e. The highest BCUT2D eigenvalue weighted by Gasteiger charge is 2.26. The molecular formula is C19H26N2. The van der Waals surface area contributed by atoms with Crippen LogP contribution in [0.2, 0.25) is 0 Å². The van der Waals surface area contributed by atoms with Crippen LogP contribution in [0.4, 0.5) is 0 Å². The molecule has 112 valence electrons. The third-order valence-corrected chi connectivity index (χ3v) is 5.26. The minimum absolute atomic E-state index is 0.0890. The van der Waals surface area contributed by atoms with Crippen LogP contribution in [-0.4, -0.2) is 4.98 Å². The molecule has 0 amide bonds. The SMILES string of the molecule is CCC1CCC(C(N)c2cc(C)c3ccccc3n2)CC1. The second kappa shape index (κ2) is 6.15. The summed E-state index contributed by atoms with van der Waals surface area (Å²) in [5.74, 6) is 1.51. The number of benzene rings is 1. The number of rotatable bonds is 3. The predicted octanol–water partition coefficient (Wildman–Crippen LogP) is 4.76. The molecule has 0 bridgehead atoms. The van der Waals surface area contributed by atoms with Crippen LogP contribution < -0.4 is 5.73 Å². The Morgan fingerprint density at radius 2 is 1.90 bits per heavy atom. The van der Waals surface area contributed by atoms with Crippen molar-refractivity contribution < 1.29 is 0 Å². The summed E-state index contributed by atoms with van der Waals surface area (Å²) in [5.41, 5.74) is 9.99. The van der Waals surface area contributed by atoms with Crippen molar-refractivity contribution in [3.8, 4) is 0 Å². The molecule has 21 heavy (non-hydrogen) atoms. The lowest BCUT2D eigenvalue weighted by Crippen LogP contribution is -2.26. The van der Waals surface area contributed by atoms with Gasteiger partial charge in [-0.3, -0.25) is 4.98 Å².